The Bertz CT molecular complexity index is 839. The fourth-order valence-corrected chi connectivity index (χ4v) is 4.94. The van der Waals surface area contributed by atoms with Crippen LogP contribution in [0.1, 0.15) is 52.4 Å². The third-order valence-electron chi connectivity index (χ3n) is 6.65. The topological polar surface area (TPSA) is 58.6 Å². The summed E-state index contributed by atoms with van der Waals surface area (Å²) in [5.74, 6) is -0.203. The maximum atomic E-state index is 13.0. The van der Waals surface area contributed by atoms with Crippen LogP contribution in [-0.2, 0) is 20.9 Å². The van der Waals surface area contributed by atoms with E-state index in [0.717, 1.165) is 37.7 Å². The Hall–Kier alpha value is -2.40. The summed E-state index contributed by atoms with van der Waals surface area (Å²) >= 11 is 0. The zero-order chi connectivity index (χ0) is 21.6. The minimum atomic E-state index is -0.580. The lowest BCUT2D eigenvalue weighted by Crippen LogP contribution is -2.50. The van der Waals surface area contributed by atoms with Gasteiger partial charge in [0.05, 0.1) is 18.8 Å². The van der Waals surface area contributed by atoms with Crippen LogP contribution >= 0.6 is 0 Å². The predicted molar refractivity (Wildman–Crippen MR) is 123 cm³/mol. The summed E-state index contributed by atoms with van der Waals surface area (Å²) in [7, 11) is 0. The number of nitrogens with one attached hydrogen (secondary N) is 1. The van der Waals surface area contributed by atoms with Crippen LogP contribution in [0.25, 0.3) is 0 Å². The maximum Gasteiger partial charge on any atom is 0.235 e. The van der Waals surface area contributed by atoms with Crippen LogP contribution in [0.15, 0.2) is 54.1 Å². The average Bonchev–Trinajstić information content (AvgIpc) is 3.21. The molecule has 31 heavy (non-hydrogen) atoms. The van der Waals surface area contributed by atoms with Crippen LogP contribution in [-0.4, -0.2) is 42.0 Å². The number of allylic oxidation sites excluding steroid dienone is 2. The van der Waals surface area contributed by atoms with Gasteiger partial charge in [0.1, 0.15) is 5.92 Å². The molecule has 0 aromatic heterocycles. The van der Waals surface area contributed by atoms with E-state index < -0.39 is 5.92 Å². The van der Waals surface area contributed by atoms with Gasteiger partial charge in [-0.25, -0.2) is 0 Å². The quantitative estimate of drug-likeness (QED) is 0.666. The van der Waals surface area contributed by atoms with Crippen molar-refractivity contribution in [1.29, 1.82) is 0 Å². The largest absolute Gasteiger partial charge is 0.371 e. The lowest BCUT2D eigenvalue weighted by molar-refractivity contribution is -0.146. The molecule has 5 heteroatoms. The van der Waals surface area contributed by atoms with Gasteiger partial charge in [-0.15, -0.1) is 0 Å². The molecule has 1 aliphatic heterocycles. The second-order valence-corrected chi connectivity index (χ2v) is 9.19. The van der Waals surface area contributed by atoms with E-state index in [4.69, 9.17) is 4.74 Å². The predicted octanol–water partition coefficient (Wildman–Crippen LogP) is 4.25. The molecule has 4 atom stereocenters. The Kier molecular flexibility index (Phi) is 7.23. The molecular formula is C26H36N2O3. The molecule has 3 aliphatic rings. The third kappa shape index (κ3) is 5.65. The molecule has 1 N–H and O–H groups in total. The molecule has 1 heterocycles. The van der Waals surface area contributed by atoms with E-state index in [1.807, 2.05) is 35.2 Å². The Labute approximate surface area is 187 Å². The molecule has 5 nitrogen and oxygen atoms in total. The van der Waals surface area contributed by atoms with E-state index in [0.29, 0.717) is 32.0 Å². The number of benzene rings is 1. The summed E-state index contributed by atoms with van der Waals surface area (Å²) in [6, 6.07) is 9.97. The summed E-state index contributed by atoms with van der Waals surface area (Å²) in [5.41, 5.74) is 2.32. The molecule has 2 unspecified atom stereocenters. The first-order valence-electron chi connectivity index (χ1n) is 11.7. The second kappa shape index (κ2) is 10.3. The number of carbonyl (C=O) groups is 2. The standard InChI is InChI=1S/C26H34N2O3.H2/c1-19-8-5-11-21(16-19)18-31-24-14-6-13-23(24)27-25(29)22-12-7-15-28(26(22)30)17-20-9-3-2-4-10-20;/h2-5,9-11,16,19,22-24H,6-8,12-15,17-18H2,1H3,(H,27,29);1H/t19?,22?,23-,24-;/m0./s1. The number of likely N-dealkylation sites (tertiary alicyclic amines) is 1. The van der Waals surface area contributed by atoms with Gasteiger partial charge in [0.2, 0.25) is 11.8 Å². The number of piperidine rings is 1. The van der Waals surface area contributed by atoms with Crippen molar-refractivity contribution in [3.05, 3.63) is 59.7 Å². The van der Waals surface area contributed by atoms with Gasteiger partial charge >= 0.3 is 0 Å². The van der Waals surface area contributed by atoms with E-state index >= 15 is 0 Å². The van der Waals surface area contributed by atoms with Gasteiger partial charge in [0.15, 0.2) is 0 Å². The highest BCUT2D eigenvalue weighted by Crippen LogP contribution is 2.26. The molecule has 1 saturated heterocycles. The summed E-state index contributed by atoms with van der Waals surface area (Å²) in [4.78, 5) is 27.9. The van der Waals surface area contributed by atoms with Crippen LogP contribution in [0.3, 0.4) is 0 Å². The molecule has 2 aliphatic carbocycles. The summed E-state index contributed by atoms with van der Waals surface area (Å²) in [6.07, 6.45) is 12.1. The third-order valence-corrected chi connectivity index (χ3v) is 6.65. The fraction of sp³-hybridized carbons (Fsp3) is 0.538. The molecule has 168 valence electrons. The number of hydrogen-bond donors (Lipinski definition) is 1. The molecule has 0 radical (unpaired) electrons. The number of ether oxygens (including phenoxy) is 1. The smallest absolute Gasteiger partial charge is 0.235 e. The highest BCUT2D eigenvalue weighted by Gasteiger charge is 2.37. The molecule has 1 aromatic rings. The molecular weight excluding hydrogens is 388 g/mol. The molecule has 4 rings (SSSR count). The zero-order valence-electron chi connectivity index (χ0n) is 18.5. The van der Waals surface area contributed by atoms with Crippen molar-refractivity contribution >= 4 is 11.8 Å². The Balaban J connectivity index is 0.00000289. The van der Waals surface area contributed by atoms with Gasteiger partial charge < -0.3 is 15.0 Å². The second-order valence-electron chi connectivity index (χ2n) is 9.19. The number of amides is 2. The summed E-state index contributed by atoms with van der Waals surface area (Å²) in [6.45, 7) is 4.09. The zero-order valence-corrected chi connectivity index (χ0v) is 18.5. The number of nitrogens with zero attached hydrogens (tertiary/aromatic N) is 1. The van der Waals surface area contributed by atoms with Crippen molar-refractivity contribution < 1.29 is 15.8 Å². The highest BCUT2D eigenvalue weighted by molar-refractivity contribution is 6.00. The molecule has 2 fully saturated rings. The summed E-state index contributed by atoms with van der Waals surface area (Å²) in [5, 5.41) is 3.16. The lowest BCUT2D eigenvalue weighted by Gasteiger charge is -2.33. The van der Waals surface area contributed by atoms with E-state index in [1.165, 1.54) is 5.57 Å². The first kappa shape index (κ1) is 21.8. The van der Waals surface area contributed by atoms with E-state index in [9.17, 15) is 9.59 Å². The van der Waals surface area contributed by atoms with Gasteiger partial charge in [0, 0.05) is 14.5 Å². The average molecular weight is 425 g/mol. The minimum absolute atomic E-state index is 0. The molecule has 2 amide bonds. The van der Waals surface area contributed by atoms with Crippen molar-refractivity contribution in [3.63, 3.8) is 0 Å². The van der Waals surface area contributed by atoms with Crippen molar-refractivity contribution in [2.75, 3.05) is 13.2 Å². The van der Waals surface area contributed by atoms with Crippen molar-refractivity contribution in [2.45, 2.75) is 64.1 Å². The van der Waals surface area contributed by atoms with Crippen molar-refractivity contribution in [3.8, 4) is 0 Å². The van der Waals surface area contributed by atoms with Crippen LogP contribution < -0.4 is 5.32 Å². The van der Waals surface area contributed by atoms with Gasteiger partial charge in [-0.3, -0.25) is 9.59 Å². The summed E-state index contributed by atoms with van der Waals surface area (Å²) < 4.78 is 6.19. The van der Waals surface area contributed by atoms with Crippen LogP contribution in [0, 0.1) is 11.8 Å². The van der Waals surface area contributed by atoms with Crippen LogP contribution in [0.2, 0.25) is 0 Å². The first-order valence-corrected chi connectivity index (χ1v) is 11.7. The normalized spacial score (nSPS) is 28.5. The number of hydrogen-bond acceptors (Lipinski definition) is 3. The first-order chi connectivity index (χ1) is 15.1. The molecule has 0 bridgehead atoms. The monoisotopic (exact) mass is 424 g/mol. The SMILES string of the molecule is CC1C=C(CO[C@H]2CCC[C@@H]2NC(=O)C2CCCN(Cc3ccccc3)C2=O)C=CC1.[HH]. The van der Waals surface area contributed by atoms with E-state index in [2.05, 4.69) is 30.5 Å². The van der Waals surface area contributed by atoms with Crippen molar-refractivity contribution in [1.82, 2.24) is 10.2 Å². The molecule has 0 spiro atoms. The lowest BCUT2D eigenvalue weighted by atomic mass is 9.95. The van der Waals surface area contributed by atoms with Crippen molar-refractivity contribution in [2.24, 2.45) is 11.8 Å². The Morgan fingerprint density at radius 1 is 1.19 bits per heavy atom. The Morgan fingerprint density at radius 2 is 2.03 bits per heavy atom. The van der Waals surface area contributed by atoms with Gasteiger partial charge in [-0.1, -0.05) is 55.5 Å². The van der Waals surface area contributed by atoms with Gasteiger partial charge in [0.25, 0.3) is 0 Å². The number of carbonyl (C=O) groups excluding carboxylic acids is 2. The molecule has 1 aromatic carbocycles. The molecule has 1 saturated carbocycles. The number of rotatable bonds is 7. The van der Waals surface area contributed by atoms with E-state index in [1.54, 1.807) is 0 Å². The maximum absolute atomic E-state index is 13.0. The fourth-order valence-electron chi connectivity index (χ4n) is 4.94. The van der Waals surface area contributed by atoms with Gasteiger partial charge in [-0.05, 0) is 55.6 Å². The van der Waals surface area contributed by atoms with Crippen LogP contribution in [0.4, 0.5) is 0 Å². The van der Waals surface area contributed by atoms with E-state index in [-0.39, 0.29) is 25.4 Å². The minimum Gasteiger partial charge on any atom is -0.371 e. The van der Waals surface area contributed by atoms with Gasteiger partial charge in [-0.2, -0.15) is 0 Å². The Morgan fingerprint density at radius 3 is 2.84 bits per heavy atom. The highest BCUT2D eigenvalue weighted by atomic mass is 16.5. The van der Waals surface area contributed by atoms with Crippen LogP contribution in [0.5, 0.6) is 0 Å².